The second-order valence-electron chi connectivity index (χ2n) is 8.08. The van der Waals surface area contributed by atoms with Crippen LogP contribution in [0, 0.1) is 17.2 Å². The molecule has 29 heavy (non-hydrogen) atoms. The van der Waals surface area contributed by atoms with Crippen LogP contribution >= 0.6 is 0 Å². The second-order valence-corrected chi connectivity index (χ2v) is 8.08. The molecule has 0 bridgehead atoms. The normalized spacial score (nSPS) is 19.7. The molecule has 5 rings (SSSR count). The van der Waals surface area contributed by atoms with Crippen molar-refractivity contribution in [2.75, 3.05) is 0 Å². The molecule has 3 aromatic rings. The van der Waals surface area contributed by atoms with Gasteiger partial charge in [0.05, 0.1) is 23.1 Å². The molecule has 0 saturated heterocycles. The van der Waals surface area contributed by atoms with E-state index in [1.165, 1.54) is 0 Å². The van der Waals surface area contributed by atoms with E-state index in [4.69, 9.17) is 10.00 Å². The topological polar surface area (TPSA) is 63.0 Å². The van der Waals surface area contributed by atoms with Crippen LogP contribution in [0.25, 0.3) is 22.0 Å². The number of nitriles is 1. The van der Waals surface area contributed by atoms with Gasteiger partial charge in [0.15, 0.2) is 5.78 Å². The number of carbonyl (C=O) groups excluding carboxylic acids is 1. The van der Waals surface area contributed by atoms with E-state index in [1.54, 1.807) is 6.20 Å². The molecule has 1 atom stereocenters. The van der Waals surface area contributed by atoms with E-state index in [0.29, 0.717) is 24.2 Å². The highest BCUT2D eigenvalue weighted by molar-refractivity contribution is 6.03. The van der Waals surface area contributed by atoms with Gasteiger partial charge in [-0.3, -0.25) is 9.78 Å². The maximum Gasteiger partial charge on any atom is 0.173 e. The number of nitrogens with zero attached hydrogens (tertiary/aromatic N) is 2. The van der Waals surface area contributed by atoms with Crippen LogP contribution in [0.2, 0.25) is 0 Å². The molecular formula is C25H22N2O2. The van der Waals surface area contributed by atoms with Gasteiger partial charge >= 0.3 is 0 Å². The molecule has 144 valence electrons. The molecular weight excluding hydrogens is 360 g/mol. The van der Waals surface area contributed by atoms with Crippen molar-refractivity contribution in [3.05, 3.63) is 60.3 Å². The predicted molar refractivity (Wildman–Crippen MR) is 112 cm³/mol. The molecule has 2 aromatic carbocycles. The number of para-hydroxylation sites is 1. The van der Waals surface area contributed by atoms with Gasteiger partial charge in [-0.2, -0.15) is 5.26 Å². The fourth-order valence-corrected chi connectivity index (χ4v) is 5.06. The molecule has 1 aromatic heterocycles. The van der Waals surface area contributed by atoms with Gasteiger partial charge < -0.3 is 4.74 Å². The first kappa shape index (κ1) is 17.9. The lowest BCUT2D eigenvalue weighted by Crippen LogP contribution is -2.48. The molecule has 1 aliphatic carbocycles. The van der Waals surface area contributed by atoms with Gasteiger partial charge in [-0.25, -0.2) is 0 Å². The minimum Gasteiger partial charge on any atom is -0.486 e. The van der Waals surface area contributed by atoms with E-state index >= 15 is 0 Å². The third kappa shape index (κ3) is 2.89. The summed E-state index contributed by atoms with van der Waals surface area (Å²) in [5, 5.41) is 10.1. The molecule has 4 heteroatoms. The van der Waals surface area contributed by atoms with Gasteiger partial charge in [-0.05, 0) is 55.9 Å². The molecule has 4 nitrogen and oxygen atoms in total. The van der Waals surface area contributed by atoms with Crippen molar-refractivity contribution >= 4 is 16.7 Å². The maximum absolute atomic E-state index is 13.3. The van der Waals surface area contributed by atoms with Gasteiger partial charge in [0.2, 0.25) is 0 Å². The average molecular weight is 382 g/mol. The van der Waals surface area contributed by atoms with Crippen LogP contribution < -0.4 is 4.74 Å². The van der Waals surface area contributed by atoms with Crippen molar-refractivity contribution in [1.29, 1.82) is 5.26 Å². The van der Waals surface area contributed by atoms with E-state index in [9.17, 15) is 4.79 Å². The molecule has 2 aliphatic rings. The van der Waals surface area contributed by atoms with Crippen molar-refractivity contribution in [2.45, 2.75) is 44.1 Å². The standard InChI is InChI=1S/C25H22N2O2/c26-14-4-9-21-24(28)20-11-10-18(16-22(20)29-25(21)12-1-2-13-25)19-8-3-6-17-7-5-15-27-23(17)19/h3,5-8,10-11,15-16,21H,1-2,4,9,12-13H2. The largest absolute Gasteiger partial charge is 0.486 e. The Balaban J connectivity index is 1.60. The van der Waals surface area contributed by atoms with Crippen LogP contribution in [0.5, 0.6) is 5.75 Å². The van der Waals surface area contributed by atoms with E-state index < -0.39 is 5.60 Å². The Morgan fingerprint density at radius 3 is 2.76 bits per heavy atom. The van der Waals surface area contributed by atoms with Crippen LogP contribution in [-0.4, -0.2) is 16.4 Å². The van der Waals surface area contributed by atoms with Crippen LogP contribution in [-0.2, 0) is 0 Å². The van der Waals surface area contributed by atoms with E-state index in [2.05, 4.69) is 29.3 Å². The molecule has 2 heterocycles. The second kappa shape index (κ2) is 7.00. The van der Waals surface area contributed by atoms with Gasteiger partial charge in [-0.15, -0.1) is 0 Å². The first-order valence-electron chi connectivity index (χ1n) is 10.3. The Labute approximate surface area is 170 Å². The Hall–Kier alpha value is -3.19. The smallest absolute Gasteiger partial charge is 0.173 e. The average Bonchev–Trinajstić information content (AvgIpc) is 3.21. The lowest BCUT2D eigenvalue weighted by atomic mass is 9.75. The number of benzene rings is 2. The summed E-state index contributed by atoms with van der Waals surface area (Å²) in [7, 11) is 0. The summed E-state index contributed by atoms with van der Waals surface area (Å²) in [6.07, 6.45) is 6.66. The molecule has 0 N–H and O–H groups in total. The summed E-state index contributed by atoms with van der Waals surface area (Å²) in [5.41, 5.74) is 3.18. The number of ketones is 1. The lowest BCUT2D eigenvalue weighted by Gasteiger charge is -2.41. The summed E-state index contributed by atoms with van der Waals surface area (Å²) in [4.78, 5) is 17.9. The van der Waals surface area contributed by atoms with Crippen LogP contribution in [0.3, 0.4) is 0 Å². The fourth-order valence-electron chi connectivity index (χ4n) is 5.06. The number of carbonyl (C=O) groups is 1. The third-order valence-corrected chi connectivity index (χ3v) is 6.45. The molecule has 0 radical (unpaired) electrons. The van der Waals surface area contributed by atoms with Gasteiger partial charge in [0.1, 0.15) is 11.4 Å². The van der Waals surface area contributed by atoms with Crippen molar-refractivity contribution in [1.82, 2.24) is 4.98 Å². The molecule has 0 amide bonds. The highest BCUT2D eigenvalue weighted by atomic mass is 16.5. The maximum atomic E-state index is 13.3. The van der Waals surface area contributed by atoms with Gasteiger partial charge in [0.25, 0.3) is 0 Å². The molecule has 1 spiro atoms. The highest BCUT2D eigenvalue weighted by Crippen LogP contribution is 2.48. The predicted octanol–water partition coefficient (Wildman–Crippen LogP) is 5.71. The zero-order valence-electron chi connectivity index (χ0n) is 16.2. The lowest BCUT2D eigenvalue weighted by molar-refractivity contribution is 0.00319. The van der Waals surface area contributed by atoms with E-state index in [1.807, 2.05) is 30.3 Å². The highest BCUT2D eigenvalue weighted by Gasteiger charge is 2.50. The summed E-state index contributed by atoms with van der Waals surface area (Å²) in [6, 6.07) is 18.2. The number of Topliss-reactive ketones (excluding diaryl/α,β-unsaturated/α-hetero) is 1. The van der Waals surface area contributed by atoms with Gasteiger partial charge in [0, 0.05) is 23.6 Å². The van der Waals surface area contributed by atoms with E-state index in [0.717, 1.165) is 47.7 Å². The van der Waals surface area contributed by atoms with Crippen molar-refractivity contribution in [2.24, 2.45) is 5.92 Å². The number of hydrogen-bond donors (Lipinski definition) is 0. The zero-order valence-corrected chi connectivity index (χ0v) is 16.2. The van der Waals surface area contributed by atoms with Crippen LogP contribution in [0.15, 0.2) is 54.7 Å². The minimum atomic E-state index is -0.448. The van der Waals surface area contributed by atoms with Crippen molar-refractivity contribution < 1.29 is 9.53 Å². The SMILES string of the molecule is N#CCCC1C(=O)c2ccc(-c3cccc4cccnc34)cc2OC12CCCC2. The monoisotopic (exact) mass is 382 g/mol. The van der Waals surface area contributed by atoms with E-state index in [-0.39, 0.29) is 11.7 Å². The summed E-state index contributed by atoms with van der Waals surface area (Å²) in [6.45, 7) is 0. The van der Waals surface area contributed by atoms with Crippen molar-refractivity contribution in [3.8, 4) is 22.9 Å². The number of rotatable bonds is 3. The molecule has 1 fully saturated rings. The summed E-state index contributed by atoms with van der Waals surface area (Å²) in [5.74, 6) is 0.587. The summed E-state index contributed by atoms with van der Waals surface area (Å²) >= 11 is 0. The summed E-state index contributed by atoms with van der Waals surface area (Å²) < 4.78 is 6.58. The van der Waals surface area contributed by atoms with Gasteiger partial charge in [-0.1, -0.05) is 30.3 Å². The quantitative estimate of drug-likeness (QED) is 0.582. The van der Waals surface area contributed by atoms with Crippen LogP contribution in [0.4, 0.5) is 0 Å². The Bertz CT molecular complexity index is 1130. The Morgan fingerprint density at radius 2 is 1.93 bits per heavy atom. The Kier molecular flexibility index (Phi) is 4.32. The zero-order chi connectivity index (χ0) is 19.8. The molecule has 1 saturated carbocycles. The number of ether oxygens (including phenoxy) is 1. The third-order valence-electron chi connectivity index (χ3n) is 6.45. The first-order valence-corrected chi connectivity index (χ1v) is 10.3. The first-order chi connectivity index (χ1) is 14.2. The molecule has 1 aliphatic heterocycles. The fraction of sp³-hybridized carbons (Fsp3) is 0.320. The number of pyridine rings is 1. The number of fused-ring (bicyclic) bond motifs is 2. The van der Waals surface area contributed by atoms with Crippen LogP contribution in [0.1, 0.15) is 48.9 Å². The Morgan fingerprint density at radius 1 is 1.10 bits per heavy atom. The molecule has 1 unspecified atom stereocenters. The minimum absolute atomic E-state index is 0.131. The number of aromatic nitrogens is 1. The number of hydrogen-bond acceptors (Lipinski definition) is 4. The van der Waals surface area contributed by atoms with Crippen molar-refractivity contribution in [3.63, 3.8) is 0 Å².